The van der Waals surface area contributed by atoms with E-state index in [2.05, 4.69) is 15.5 Å². The highest BCUT2D eigenvalue weighted by Gasteiger charge is 2.28. The van der Waals surface area contributed by atoms with Crippen LogP contribution < -0.4 is 5.43 Å². The van der Waals surface area contributed by atoms with Crippen molar-refractivity contribution in [1.82, 2.24) is 15.3 Å². The van der Waals surface area contributed by atoms with Crippen LogP contribution in [0.15, 0.2) is 53.9 Å². The zero-order valence-corrected chi connectivity index (χ0v) is 14.9. The van der Waals surface area contributed by atoms with Crippen LogP contribution in [0.25, 0.3) is 0 Å². The molecule has 2 amide bonds. The quantitative estimate of drug-likeness (QED) is 0.664. The summed E-state index contributed by atoms with van der Waals surface area (Å²) >= 11 is 6.09. The van der Waals surface area contributed by atoms with Gasteiger partial charge in [-0.15, -0.1) is 0 Å². The first-order valence-electron chi connectivity index (χ1n) is 8.42. The first-order chi connectivity index (χ1) is 12.6. The average Bonchev–Trinajstić information content (AvgIpc) is 2.69. The predicted octanol–water partition coefficient (Wildman–Crippen LogP) is 2.74. The molecule has 0 radical (unpaired) electrons. The molecule has 1 aliphatic rings. The van der Waals surface area contributed by atoms with Gasteiger partial charge in [0.2, 0.25) is 5.91 Å². The van der Waals surface area contributed by atoms with Gasteiger partial charge >= 0.3 is 0 Å². The van der Waals surface area contributed by atoms with Gasteiger partial charge in [0.1, 0.15) is 0 Å². The number of carbonyl (C=O) groups is 2. The Labute approximate surface area is 156 Å². The molecule has 26 heavy (non-hydrogen) atoms. The molecule has 3 rings (SSSR count). The van der Waals surface area contributed by atoms with E-state index in [1.54, 1.807) is 53.8 Å². The average molecular weight is 371 g/mol. The van der Waals surface area contributed by atoms with Crippen LogP contribution in [-0.2, 0) is 4.79 Å². The number of likely N-dealkylation sites (tertiary alicyclic amines) is 1. The number of benzene rings is 1. The summed E-state index contributed by atoms with van der Waals surface area (Å²) in [6.45, 7) is 1.04. The molecule has 1 aliphatic heterocycles. The lowest BCUT2D eigenvalue weighted by molar-refractivity contribution is -0.126. The van der Waals surface area contributed by atoms with Gasteiger partial charge in [-0.3, -0.25) is 14.6 Å². The molecule has 2 heterocycles. The first kappa shape index (κ1) is 18.1. The molecule has 0 spiro atoms. The van der Waals surface area contributed by atoms with E-state index in [1.807, 2.05) is 6.07 Å². The molecule has 1 N–H and O–H groups in total. The summed E-state index contributed by atoms with van der Waals surface area (Å²) < 4.78 is 0. The van der Waals surface area contributed by atoms with Gasteiger partial charge in [-0.25, -0.2) is 5.43 Å². The second kappa shape index (κ2) is 8.58. The van der Waals surface area contributed by atoms with Crippen LogP contribution in [0.3, 0.4) is 0 Å². The molecule has 1 aromatic carbocycles. The van der Waals surface area contributed by atoms with E-state index in [-0.39, 0.29) is 17.7 Å². The van der Waals surface area contributed by atoms with Crippen LogP contribution in [-0.4, -0.2) is 41.0 Å². The summed E-state index contributed by atoms with van der Waals surface area (Å²) in [5.41, 5.74) is 3.88. The molecule has 6 nitrogen and oxygen atoms in total. The first-order valence-corrected chi connectivity index (χ1v) is 8.79. The van der Waals surface area contributed by atoms with Crippen molar-refractivity contribution in [2.24, 2.45) is 11.0 Å². The van der Waals surface area contributed by atoms with E-state index < -0.39 is 0 Å². The van der Waals surface area contributed by atoms with Crippen molar-refractivity contribution in [1.29, 1.82) is 0 Å². The molecule has 2 aromatic rings. The SMILES string of the molecule is O=C(N/N=C\c1cccnc1)C1CCN(C(=O)c2ccccc2Cl)CC1. The molecule has 0 aliphatic carbocycles. The van der Waals surface area contributed by atoms with Crippen molar-refractivity contribution in [3.63, 3.8) is 0 Å². The van der Waals surface area contributed by atoms with Gasteiger partial charge in [0.15, 0.2) is 0 Å². The highest BCUT2D eigenvalue weighted by atomic mass is 35.5. The molecule has 1 saturated heterocycles. The Bertz CT molecular complexity index is 802. The number of rotatable bonds is 4. The zero-order chi connectivity index (χ0) is 18.4. The summed E-state index contributed by atoms with van der Waals surface area (Å²) in [4.78, 5) is 30.5. The number of carbonyl (C=O) groups excluding carboxylic acids is 2. The number of hydrogen-bond acceptors (Lipinski definition) is 4. The molecule has 1 aromatic heterocycles. The molecular weight excluding hydrogens is 352 g/mol. The Morgan fingerprint density at radius 3 is 2.65 bits per heavy atom. The third-order valence-electron chi connectivity index (χ3n) is 4.33. The van der Waals surface area contributed by atoms with Gasteiger partial charge in [0.05, 0.1) is 16.8 Å². The Hall–Kier alpha value is -2.73. The van der Waals surface area contributed by atoms with Gasteiger partial charge in [-0.1, -0.05) is 29.8 Å². The molecule has 7 heteroatoms. The molecule has 0 saturated carbocycles. The van der Waals surface area contributed by atoms with Crippen LogP contribution in [0, 0.1) is 5.92 Å². The maximum Gasteiger partial charge on any atom is 0.255 e. The van der Waals surface area contributed by atoms with Crippen molar-refractivity contribution in [3.8, 4) is 0 Å². The lowest BCUT2D eigenvalue weighted by Gasteiger charge is -2.31. The minimum atomic E-state index is -0.156. The van der Waals surface area contributed by atoms with Gasteiger partial charge in [-0.2, -0.15) is 5.10 Å². The lowest BCUT2D eigenvalue weighted by atomic mass is 9.95. The summed E-state index contributed by atoms with van der Waals surface area (Å²) in [6.07, 6.45) is 6.10. The fraction of sp³-hybridized carbons (Fsp3) is 0.263. The number of halogens is 1. The third kappa shape index (κ3) is 4.46. The van der Waals surface area contributed by atoms with Gasteiger partial charge < -0.3 is 4.90 Å². The van der Waals surface area contributed by atoms with Crippen molar-refractivity contribution >= 4 is 29.6 Å². The normalized spacial score (nSPS) is 15.2. The number of hydrogen-bond donors (Lipinski definition) is 1. The summed E-state index contributed by atoms with van der Waals surface area (Å²) in [5, 5.41) is 4.41. The maximum absolute atomic E-state index is 12.5. The van der Waals surface area contributed by atoms with E-state index in [4.69, 9.17) is 11.6 Å². The molecule has 0 atom stereocenters. The second-order valence-electron chi connectivity index (χ2n) is 6.07. The van der Waals surface area contributed by atoms with Crippen molar-refractivity contribution < 1.29 is 9.59 Å². The van der Waals surface area contributed by atoms with Crippen LogP contribution in [0.4, 0.5) is 0 Å². The van der Waals surface area contributed by atoms with E-state index in [0.717, 1.165) is 5.56 Å². The van der Waals surface area contributed by atoms with Crippen molar-refractivity contribution in [2.45, 2.75) is 12.8 Å². The summed E-state index contributed by atoms with van der Waals surface area (Å²) in [7, 11) is 0. The molecular formula is C19H19ClN4O2. The second-order valence-corrected chi connectivity index (χ2v) is 6.47. The standard InChI is InChI=1S/C19H19ClN4O2/c20-17-6-2-1-5-16(17)19(26)24-10-7-15(8-11-24)18(25)23-22-13-14-4-3-9-21-12-14/h1-6,9,12-13,15H,7-8,10-11H2,(H,23,25)/b22-13-. The molecule has 1 fully saturated rings. The monoisotopic (exact) mass is 370 g/mol. The number of nitrogens with one attached hydrogen (secondary N) is 1. The largest absolute Gasteiger partial charge is 0.339 e. The van der Waals surface area contributed by atoms with E-state index in [9.17, 15) is 9.59 Å². The van der Waals surface area contributed by atoms with E-state index in [1.165, 1.54) is 0 Å². The van der Waals surface area contributed by atoms with Crippen LogP contribution in [0.5, 0.6) is 0 Å². The third-order valence-corrected chi connectivity index (χ3v) is 4.66. The molecule has 0 unspecified atom stereocenters. The highest BCUT2D eigenvalue weighted by Crippen LogP contribution is 2.22. The fourth-order valence-corrected chi connectivity index (χ4v) is 3.08. The van der Waals surface area contributed by atoms with E-state index >= 15 is 0 Å². The predicted molar refractivity (Wildman–Crippen MR) is 100 cm³/mol. The number of pyridine rings is 1. The summed E-state index contributed by atoms with van der Waals surface area (Å²) in [5.74, 6) is -0.379. The molecule has 0 bridgehead atoms. The van der Waals surface area contributed by atoms with Crippen LogP contribution in [0.2, 0.25) is 5.02 Å². The topological polar surface area (TPSA) is 74.7 Å². The van der Waals surface area contributed by atoms with Crippen molar-refractivity contribution in [2.75, 3.05) is 13.1 Å². The van der Waals surface area contributed by atoms with Gasteiger partial charge in [0.25, 0.3) is 5.91 Å². The number of hydrazone groups is 1. The van der Waals surface area contributed by atoms with Gasteiger partial charge in [0, 0.05) is 37.0 Å². The Morgan fingerprint density at radius 2 is 1.96 bits per heavy atom. The summed E-state index contributed by atoms with van der Waals surface area (Å²) in [6, 6.07) is 10.7. The van der Waals surface area contributed by atoms with E-state index in [0.29, 0.717) is 36.5 Å². The number of aromatic nitrogens is 1. The maximum atomic E-state index is 12.5. The Kier molecular flexibility index (Phi) is 5.96. The number of amides is 2. The van der Waals surface area contributed by atoms with Crippen molar-refractivity contribution in [3.05, 3.63) is 64.9 Å². The number of piperidine rings is 1. The van der Waals surface area contributed by atoms with Crippen LogP contribution >= 0.6 is 11.6 Å². The lowest BCUT2D eigenvalue weighted by Crippen LogP contribution is -2.42. The number of nitrogens with zero attached hydrogens (tertiary/aromatic N) is 3. The fourth-order valence-electron chi connectivity index (χ4n) is 2.86. The molecule has 134 valence electrons. The highest BCUT2D eigenvalue weighted by molar-refractivity contribution is 6.33. The Morgan fingerprint density at radius 1 is 1.19 bits per heavy atom. The minimum Gasteiger partial charge on any atom is -0.339 e. The van der Waals surface area contributed by atoms with Gasteiger partial charge in [-0.05, 0) is 31.0 Å². The smallest absolute Gasteiger partial charge is 0.255 e. The zero-order valence-electron chi connectivity index (χ0n) is 14.1. The Balaban J connectivity index is 1.50. The van der Waals surface area contributed by atoms with Crippen LogP contribution in [0.1, 0.15) is 28.8 Å². The minimum absolute atomic E-state index is 0.0935.